The molecule has 1 aromatic carbocycles. The summed E-state index contributed by atoms with van der Waals surface area (Å²) in [6, 6.07) is 6.70. The molecule has 1 rings (SSSR count). The van der Waals surface area contributed by atoms with Crippen LogP contribution in [0.15, 0.2) is 24.3 Å². The molecule has 0 unspecified atom stereocenters. The van der Waals surface area contributed by atoms with Crippen molar-refractivity contribution < 1.29 is 14.3 Å². The Morgan fingerprint density at radius 2 is 1.82 bits per heavy atom. The van der Waals surface area contributed by atoms with Crippen LogP contribution in [-0.2, 0) is 9.59 Å². The molecule has 0 bridgehead atoms. The molecule has 0 saturated carbocycles. The predicted molar refractivity (Wildman–Crippen MR) is 86.1 cm³/mol. The van der Waals surface area contributed by atoms with Crippen molar-refractivity contribution in [1.29, 1.82) is 0 Å². The molecular formula is C15H22ClN3O3. The minimum atomic E-state index is -0.349. The van der Waals surface area contributed by atoms with Crippen molar-refractivity contribution in [3.05, 3.63) is 29.3 Å². The first-order chi connectivity index (χ1) is 10.5. The molecule has 2 N–H and O–H groups in total. The Hall–Kier alpha value is -1.79. The smallest absolute Gasteiger partial charge is 0.258 e. The quantitative estimate of drug-likeness (QED) is 0.661. The van der Waals surface area contributed by atoms with Gasteiger partial charge in [-0.1, -0.05) is 11.6 Å². The lowest BCUT2D eigenvalue weighted by molar-refractivity contribution is -0.127. The molecule has 0 fully saturated rings. The van der Waals surface area contributed by atoms with E-state index >= 15 is 0 Å². The number of carbonyl (C=O) groups is 2. The molecule has 7 heteroatoms. The van der Waals surface area contributed by atoms with E-state index in [9.17, 15) is 9.59 Å². The molecule has 0 aromatic heterocycles. The average Bonchev–Trinajstić information content (AvgIpc) is 2.48. The van der Waals surface area contributed by atoms with Gasteiger partial charge in [-0.15, -0.1) is 0 Å². The van der Waals surface area contributed by atoms with Gasteiger partial charge < -0.3 is 20.3 Å². The first kappa shape index (κ1) is 18.3. The molecule has 0 aliphatic carbocycles. The third-order valence-electron chi connectivity index (χ3n) is 2.73. The van der Waals surface area contributed by atoms with Crippen LogP contribution in [0.2, 0.25) is 5.02 Å². The van der Waals surface area contributed by atoms with Crippen LogP contribution in [0, 0.1) is 0 Å². The van der Waals surface area contributed by atoms with Crippen molar-refractivity contribution in [2.75, 3.05) is 40.3 Å². The number of rotatable bonds is 9. The van der Waals surface area contributed by atoms with Crippen LogP contribution >= 0.6 is 11.6 Å². The zero-order valence-electron chi connectivity index (χ0n) is 12.9. The largest absolute Gasteiger partial charge is 0.484 e. The van der Waals surface area contributed by atoms with Gasteiger partial charge in [-0.3, -0.25) is 9.59 Å². The van der Waals surface area contributed by atoms with Crippen molar-refractivity contribution in [2.45, 2.75) is 6.42 Å². The number of amides is 2. The van der Waals surface area contributed by atoms with Crippen LogP contribution in [0.25, 0.3) is 0 Å². The van der Waals surface area contributed by atoms with E-state index in [1.807, 2.05) is 19.0 Å². The SMILES string of the molecule is CN(C)CCCNC(=O)CNC(=O)COc1ccc(Cl)cc1. The minimum absolute atomic E-state index is 0.0508. The number of hydrogen-bond donors (Lipinski definition) is 2. The molecule has 6 nitrogen and oxygen atoms in total. The highest BCUT2D eigenvalue weighted by Crippen LogP contribution is 2.15. The Labute approximate surface area is 135 Å². The summed E-state index contributed by atoms with van der Waals surface area (Å²) in [5, 5.41) is 5.84. The molecule has 1 aromatic rings. The fourth-order valence-electron chi connectivity index (χ4n) is 1.60. The second-order valence-corrected chi connectivity index (χ2v) is 5.46. The highest BCUT2D eigenvalue weighted by Gasteiger charge is 2.06. The Kier molecular flexibility index (Phi) is 8.32. The maximum atomic E-state index is 11.6. The number of nitrogens with zero attached hydrogens (tertiary/aromatic N) is 1. The molecule has 0 atom stereocenters. The highest BCUT2D eigenvalue weighted by molar-refractivity contribution is 6.30. The molecular weight excluding hydrogens is 306 g/mol. The van der Waals surface area contributed by atoms with Gasteiger partial charge in [-0.2, -0.15) is 0 Å². The minimum Gasteiger partial charge on any atom is -0.484 e. The summed E-state index contributed by atoms with van der Waals surface area (Å²) < 4.78 is 5.27. The van der Waals surface area contributed by atoms with E-state index in [0.29, 0.717) is 17.3 Å². The van der Waals surface area contributed by atoms with Crippen LogP contribution in [0.4, 0.5) is 0 Å². The molecule has 0 heterocycles. The van der Waals surface area contributed by atoms with E-state index in [4.69, 9.17) is 16.3 Å². The van der Waals surface area contributed by atoms with Gasteiger partial charge in [0.2, 0.25) is 5.91 Å². The maximum absolute atomic E-state index is 11.6. The van der Waals surface area contributed by atoms with Gasteiger partial charge in [-0.25, -0.2) is 0 Å². The summed E-state index contributed by atoms with van der Waals surface area (Å²) in [4.78, 5) is 25.1. The van der Waals surface area contributed by atoms with Gasteiger partial charge in [0, 0.05) is 11.6 Å². The summed E-state index contributed by atoms with van der Waals surface area (Å²) in [5.41, 5.74) is 0. The van der Waals surface area contributed by atoms with Gasteiger partial charge in [-0.05, 0) is 51.3 Å². The molecule has 122 valence electrons. The maximum Gasteiger partial charge on any atom is 0.258 e. The van der Waals surface area contributed by atoms with E-state index in [2.05, 4.69) is 10.6 Å². The average molecular weight is 328 g/mol. The summed E-state index contributed by atoms with van der Waals surface area (Å²) in [5.74, 6) is -0.00956. The topological polar surface area (TPSA) is 70.7 Å². The monoisotopic (exact) mass is 327 g/mol. The normalized spacial score (nSPS) is 10.4. The van der Waals surface area contributed by atoms with E-state index in [0.717, 1.165) is 13.0 Å². The molecule has 22 heavy (non-hydrogen) atoms. The summed E-state index contributed by atoms with van der Waals surface area (Å²) in [6.07, 6.45) is 0.867. The van der Waals surface area contributed by atoms with E-state index in [-0.39, 0.29) is 25.0 Å². The van der Waals surface area contributed by atoms with Crippen LogP contribution in [-0.4, -0.2) is 57.1 Å². The highest BCUT2D eigenvalue weighted by atomic mass is 35.5. The van der Waals surface area contributed by atoms with E-state index in [1.165, 1.54) is 0 Å². The van der Waals surface area contributed by atoms with Crippen molar-refractivity contribution in [2.24, 2.45) is 0 Å². The standard InChI is InChI=1S/C15H22ClN3O3/c1-19(2)9-3-8-17-14(20)10-18-15(21)11-22-13-6-4-12(16)5-7-13/h4-7H,3,8-11H2,1-2H3,(H,17,20)(H,18,21). The van der Waals surface area contributed by atoms with Crippen LogP contribution in [0.3, 0.4) is 0 Å². The summed E-state index contributed by atoms with van der Waals surface area (Å²) in [6.45, 7) is 1.30. The fraction of sp³-hybridized carbons (Fsp3) is 0.467. The lowest BCUT2D eigenvalue weighted by Crippen LogP contribution is -2.39. The van der Waals surface area contributed by atoms with Crippen molar-refractivity contribution in [1.82, 2.24) is 15.5 Å². The Balaban J connectivity index is 2.12. The molecule has 0 radical (unpaired) electrons. The predicted octanol–water partition coefficient (Wildman–Crippen LogP) is 0.903. The van der Waals surface area contributed by atoms with Crippen molar-refractivity contribution >= 4 is 23.4 Å². The van der Waals surface area contributed by atoms with Gasteiger partial charge in [0.25, 0.3) is 5.91 Å². The molecule has 2 amide bonds. The first-order valence-corrected chi connectivity index (χ1v) is 7.41. The number of ether oxygens (including phenoxy) is 1. The number of benzene rings is 1. The third kappa shape index (κ3) is 8.49. The van der Waals surface area contributed by atoms with Gasteiger partial charge in [0.05, 0.1) is 6.54 Å². The lowest BCUT2D eigenvalue weighted by Gasteiger charge is -2.10. The molecule has 0 aliphatic heterocycles. The summed E-state index contributed by atoms with van der Waals surface area (Å²) >= 11 is 5.75. The number of nitrogens with one attached hydrogen (secondary N) is 2. The number of hydrogen-bond acceptors (Lipinski definition) is 4. The van der Waals surface area contributed by atoms with E-state index < -0.39 is 0 Å². The van der Waals surface area contributed by atoms with Gasteiger partial charge in [0.15, 0.2) is 6.61 Å². The number of halogens is 1. The zero-order chi connectivity index (χ0) is 16.4. The van der Waals surface area contributed by atoms with Crippen molar-refractivity contribution in [3.8, 4) is 5.75 Å². The Morgan fingerprint density at radius 1 is 1.14 bits per heavy atom. The van der Waals surface area contributed by atoms with Crippen LogP contribution in [0.1, 0.15) is 6.42 Å². The summed E-state index contributed by atoms with van der Waals surface area (Å²) in [7, 11) is 3.95. The van der Waals surface area contributed by atoms with Crippen LogP contribution < -0.4 is 15.4 Å². The van der Waals surface area contributed by atoms with Crippen molar-refractivity contribution in [3.63, 3.8) is 0 Å². The first-order valence-electron chi connectivity index (χ1n) is 7.04. The fourth-order valence-corrected chi connectivity index (χ4v) is 1.72. The number of carbonyl (C=O) groups excluding carboxylic acids is 2. The molecule has 0 aliphatic rings. The van der Waals surface area contributed by atoms with Gasteiger partial charge >= 0.3 is 0 Å². The van der Waals surface area contributed by atoms with Crippen LogP contribution in [0.5, 0.6) is 5.75 Å². The Bertz CT molecular complexity index is 477. The molecule has 0 spiro atoms. The van der Waals surface area contributed by atoms with E-state index in [1.54, 1.807) is 24.3 Å². The third-order valence-corrected chi connectivity index (χ3v) is 2.99. The zero-order valence-corrected chi connectivity index (χ0v) is 13.7. The second-order valence-electron chi connectivity index (χ2n) is 5.03. The Morgan fingerprint density at radius 3 is 2.45 bits per heavy atom. The molecule has 0 saturated heterocycles. The second kappa shape index (κ2) is 10.0. The van der Waals surface area contributed by atoms with Gasteiger partial charge in [0.1, 0.15) is 5.75 Å². The lowest BCUT2D eigenvalue weighted by atomic mass is 10.3.